The molecule has 0 aliphatic carbocycles. The number of hydrogen-bond donors (Lipinski definition) is 0. The van der Waals surface area contributed by atoms with Crippen molar-refractivity contribution < 1.29 is 17.3 Å². The number of benzene rings is 3. The van der Waals surface area contributed by atoms with Gasteiger partial charge in [-0.2, -0.15) is 8.42 Å². The van der Waals surface area contributed by atoms with Crippen molar-refractivity contribution in [1.82, 2.24) is 9.97 Å². The molecule has 2 aromatic heterocycles. The largest absolute Gasteiger partial charge is 0.439 e. The van der Waals surface area contributed by atoms with Crippen molar-refractivity contribution in [3.8, 4) is 22.6 Å². The maximum Gasteiger partial charge on any atom is 0.327 e. The Balaban J connectivity index is 1.29. The minimum absolute atomic E-state index is 0.0382. The summed E-state index contributed by atoms with van der Waals surface area (Å²) in [5.74, 6) is 1.75. The normalized spacial score (nSPS) is 14.3. The number of para-hydroxylation sites is 2. The van der Waals surface area contributed by atoms with E-state index in [1.54, 1.807) is 36.7 Å². The molecule has 3 aromatic carbocycles. The molecule has 1 aliphatic rings. The predicted octanol–water partition coefficient (Wildman–Crippen LogP) is 5.27. The molecule has 0 bridgehead atoms. The summed E-state index contributed by atoms with van der Waals surface area (Å²) in [5.41, 5.74) is 2.83. The highest BCUT2D eigenvalue weighted by atomic mass is 32.2. The van der Waals surface area contributed by atoms with Crippen LogP contribution in [0.1, 0.15) is 11.8 Å². The van der Waals surface area contributed by atoms with Crippen molar-refractivity contribution in [3.63, 3.8) is 0 Å². The first-order valence-electron chi connectivity index (χ1n) is 11.0. The number of hydrogen-bond acceptors (Lipinski definition) is 6. The van der Waals surface area contributed by atoms with E-state index in [1.807, 2.05) is 60.7 Å². The van der Waals surface area contributed by atoms with Crippen LogP contribution < -0.4 is 8.61 Å². The third-order valence-corrected chi connectivity index (χ3v) is 7.52. The predicted molar refractivity (Wildman–Crippen MR) is 132 cm³/mol. The van der Waals surface area contributed by atoms with Gasteiger partial charge in [-0.1, -0.05) is 72.8 Å². The Morgan fingerprint density at radius 3 is 1.43 bits per heavy atom. The highest BCUT2D eigenvalue weighted by Crippen LogP contribution is 2.42. The highest BCUT2D eigenvalue weighted by Gasteiger charge is 2.41. The van der Waals surface area contributed by atoms with Gasteiger partial charge >= 0.3 is 10.2 Å². The summed E-state index contributed by atoms with van der Waals surface area (Å²) in [6.45, 7) is -0.0763. The van der Waals surface area contributed by atoms with Crippen molar-refractivity contribution >= 4 is 21.6 Å². The fraction of sp³-hybridized carbons (Fsp3) is 0.0769. The smallest absolute Gasteiger partial charge is 0.327 e. The number of rotatable bonds is 6. The average Bonchev–Trinajstić information content (AvgIpc) is 3.61. The standard InChI is InChI=1S/C26H20N4O4S/c31-35(32)29(17-25-27-15-23(33-25)19-9-3-1-4-10-19)21-13-7-8-14-22(21)30(35)18-26-28-16-24(34-26)20-11-5-2-6-12-20/h1-16H,17-18H2. The van der Waals surface area contributed by atoms with Gasteiger partial charge in [-0.15, -0.1) is 0 Å². The lowest BCUT2D eigenvalue weighted by molar-refractivity contribution is 0.501. The second-order valence-corrected chi connectivity index (χ2v) is 9.76. The van der Waals surface area contributed by atoms with E-state index in [-0.39, 0.29) is 13.1 Å². The molecule has 5 aromatic rings. The van der Waals surface area contributed by atoms with Gasteiger partial charge in [0, 0.05) is 11.1 Å². The molecule has 0 spiro atoms. The quantitative estimate of drug-likeness (QED) is 0.326. The summed E-state index contributed by atoms with van der Waals surface area (Å²) in [6, 6.07) is 26.2. The molecule has 0 atom stereocenters. The first-order chi connectivity index (χ1) is 17.1. The molecule has 8 nitrogen and oxygen atoms in total. The topological polar surface area (TPSA) is 92.7 Å². The first kappa shape index (κ1) is 21.2. The summed E-state index contributed by atoms with van der Waals surface area (Å²) in [4.78, 5) is 8.64. The molecular weight excluding hydrogens is 464 g/mol. The fourth-order valence-electron chi connectivity index (χ4n) is 4.07. The van der Waals surface area contributed by atoms with E-state index in [4.69, 9.17) is 8.83 Å². The lowest BCUT2D eigenvalue weighted by Crippen LogP contribution is -2.37. The Hall–Kier alpha value is -4.37. The summed E-state index contributed by atoms with van der Waals surface area (Å²) in [6.07, 6.45) is 3.21. The van der Waals surface area contributed by atoms with Gasteiger partial charge in [0.2, 0.25) is 11.8 Å². The maximum atomic E-state index is 13.6. The molecule has 0 unspecified atom stereocenters. The molecule has 0 radical (unpaired) electrons. The van der Waals surface area contributed by atoms with Crippen LogP contribution in [0.2, 0.25) is 0 Å². The second-order valence-electron chi connectivity index (χ2n) is 7.98. The van der Waals surface area contributed by atoms with Gasteiger partial charge in [0.15, 0.2) is 11.5 Å². The van der Waals surface area contributed by atoms with Gasteiger partial charge in [0.05, 0.1) is 23.8 Å². The number of anilines is 2. The van der Waals surface area contributed by atoms with Crippen molar-refractivity contribution in [2.45, 2.75) is 13.1 Å². The molecule has 0 N–H and O–H groups in total. The fourth-order valence-corrected chi connectivity index (χ4v) is 5.66. The number of aromatic nitrogens is 2. The third-order valence-electron chi connectivity index (χ3n) is 5.76. The summed E-state index contributed by atoms with van der Waals surface area (Å²) in [7, 11) is -3.93. The van der Waals surface area contributed by atoms with E-state index < -0.39 is 10.2 Å². The van der Waals surface area contributed by atoms with Crippen molar-refractivity contribution in [3.05, 3.63) is 109 Å². The van der Waals surface area contributed by atoms with Crippen LogP contribution in [0.3, 0.4) is 0 Å². The van der Waals surface area contributed by atoms with E-state index >= 15 is 0 Å². The molecule has 6 rings (SSSR count). The van der Waals surface area contributed by atoms with Crippen molar-refractivity contribution in [2.75, 3.05) is 8.61 Å². The van der Waals surface area contributed by atoms with Gasteiger partial charge in [0.25, 0.3) is 0 Å². The molecule has 0 amide bonds. The average molecular weight is 485 g/mol. The molecule has 0 fully saturated rings. The van der Waals surface area contributed by atoms with Crippen LogP contribution in [0.4, 0.5) is 11.4 Å². The molecule has 0 saturated carbocycles. The molecule has 174 valence electrons. The minimum atomic E-state index is -3.93. The Labute approximate surface area is 202 Å². The molecule has 0 saturated heterocycles. The summed E-state index contributed by atoms with van der Waals surface area (Å²) >= 11 is 0. The van der Waals surface area contributed by atoms with Gasteiger partial charge < -0.3 is 8.83 Å². The van der Waals surface area contributed by atoms with E-state index in [0.29, 0.717) is 34.7 Å². The Morgan fingerprint density at radius 1 is 0.600 bits per heavy atom. The van der Waals surface area contributed by atoms with E-state index in [0.717, 1.165) is 11.1 Å². The van der Waals surface area contributed by atoms with Gasteiger partial charge in [0.1, 0.15) is 13.1 Å². The van der Waals surface area contributed by atoms with Crippen LogP contribution in [0.15, 0.2) is 106 Å². The van der Waals surface area contributed by atoms with Gasteiger partial charge in [-0.3, -0.25) is 0 Å². The van der Waals surface area contributed by atoms with Crippen LogP contribution in [-0.4, -0.2) is 18.4 Å². The number of nitrogens with zero attached hydrogens (tertiary/aromatic N) is 4. The van der Waals surface area contributed by atoms with Crippen LogP contribution in [0, 0.1) is 0 Å². The molecule has 3 heterocycles. The summed E-state index contributed by atoms with van der Waals surface area (Å²) < 4.78 is 41.6. The van der Waals surface area contributed by atoms with Crippen LogP contribution in [0.5, 0.6) is 0 Å². The second kappa shape index (κ2) is 8.44. The number of oxazole rings is 2. The van der Waals surface area contributed by atoms with Crippen molar-refractivity contribution in [2.24, 2.45) is 0 Å². The SMILES string of the molecule is O=S1(=O)N(Cc2ncc(-c3ccccc3)o2)c2ccccc2N1Cc1ncc(-c2ccccc2)o1. The zero-order valence-corrected chi connectivity index (χ0v) is 19.3. The molecule has 35 heavy (non-hydrogen) atoms. The molecule has 9 heteroatoms. The zero-order chi connectivity index (χ0) is 23.8. The Kier molecular flexibility index (Phi) is 5.11. The Morgan fingerprint density at radius 2 is 1.00 bits per heavy atom. The van der Waals surface area contributed by atoms with Crippen LogP contribution in [0.25, 0.3) is 22.6 Å². The van der Waals surface area contributed by atoms with Crippen LogP contribution >= 0.6 is 0 Å². The molecule has 1 aliphatic heterocycles. The van der Waals surface area contributed by atoms with Crippen molar-refractivity contribution in [1.29, 1.82) is 0 Å². The first-order valence-corrected chi connectivity index (χ1v) is 12.4. The monoisotopic (exact) mass is 484 g/mol. The Bertz CT molecular complexity index is 1470. The third kappa shape index (κ3) is 3.85. The lowest BCUT2D eigenvalue weighted by Gasteiger charge is -2.19. The maximum absolute atomic E-state index is 13.6. The lowest BCUT2D eigenvalue weighted by atomic mass is 10.2. The van der Waals surface area contributed by atoms with Gasteiger partial charge in [-0.05, 0) is 12.1 Å². The minimum Gasteiger partial charge on any atom is -0.439 e. The molecular formula is C26H20N4O4S. The van der Waals surface area contributed by atoms with Crippen LogP contribution in [-0.2, 0) is 23.3 Å². The van der Waals surface area contributed by atoms with E-state index in [9.17, 15) is 8.42 Å². The van der Waals surface area contributed by atoms with E-state index in [1.165, 1.54) is 8.61 Å². The van der Waals surface area contributed by atoms with E-state index in [2.05, 4.69) is 9.97 Å². The number of fused-ring (bicyclic) bond motifs is 1. The highest BCUT2D eigenvalue weighted by molar-refractivity contribution is 7.94. The van der Waals surface area contributed by atoms with Gasteiger partial charge in [-0.25, -0.2) is 18.6 Å². The summed E-state index contributed by atoms with van der Waals surface area (Å²) in [5, 5.41) is 0. The zero-order valence-electron chi connectivity index (χ0n) is 18.5.